The van der Waals surface area contributed by atoms with Crippen molar-refractivity contribution in [3.63, 3.8) is 0 Å². The number of pyridine rings is 1. The second-order valence-corrected chi connectivity index (χ2v) is 5.81. The molecule has 9 heteroatoms. The number of carboxylic acids is 2. The fourth-order valence-electron chi connectivity index (χ4n) is 2.38. The van der Waals surface area contributed by atoms with Crippen molar-refractivity contribution in [1.82, 2.24) is 4.98 Å². The summed E-state index contributed by atoms with van der Waals surface area (Å²) in [5.74, 6) is -2.00. The van der Waals surface area contributed by atoms with Crippen molar-refractivity contribution < 1.29 is 29.3 Å². The molecule has 0 aliphatic heterocycles. The van der Waals surface area contributed by atoms with Crippen LogP contribution in [0.4, 0.5) is 0 Å². The van der Waals surface area contributed by atoms with Gasteiger partial charge < -0.3 is 25.4 Å². The first-order valence-corrected chi connectivity index (χ1v) is 8.20. The van der Waals surface area contributed by atoms with Gasteiger partial charge in [0.1, 0.15) is 17.3 Å². The lowest BCUT2D eigenvalue weighted by atomic mass is 10.1. The summed E-state index contributed by atoms with van der Waals surface area (Å²) in [5, 5.41) is 25.8. The highest BCUT2D eigenvalue weighted by Gasteiger charge is 2.15. The Morgan fingerprint density at radius 3 is 2.03 bits per heavy atom. The number of aromatic nitrogens is 1. The van der Waals surface area contributed by atoms with Crippen LogP contribution < -0.4 is 15.2 Å². The molecule has 0 unspecified atom stereocenters. The number of hydrogen-bond acceptors (Lipinski definition) is 6. The molecule has 146 valence electrons. The smallest absolute Gasteiger partial charge is 0.335 e. The van der Waals surface area contributed by atoms with Crippen LogP contribution in [-0.4, -0.2) is 33.0 Å². The van der Waals surface area contributed by atoms with Crippen LogP contribution in [0.3, 0.4) is 0 Å². The molecule has 0 atom stereocenters. The number of carbonyl (C=O) groups is 2. The number of nitrogen functional groups attached to an aromatic ring is 1. The Balaban J connectivity index is 1.90. The SMILES string of the molecule is N=C(N)c1ccc(Oc2ncccc2Oc2cc(C(=O)O)cc(C(=O)O)c2)cc1. The molecule has 2 aromatic carbocycles. The minimum Gasteiger partial charge on any atom is -0.478 e. The van der Waals surface area contributed by atoms with Crippen molar-refractivity contribution in [1.29, 1.82) is 5.41 Å². The van der Waals surface area contributed by atoms with Gasteiger partial charge >= 0.3 is 11.9 Å². The van der Waals surface area contributed by atoms with Crippen LogP contribution in [0.15, 0.2) is 60.8 Å². The molecule has 0 aliphatic carbocycles. The van der Waals surface area contributed by atoms with E-state index in [0.717, 1.165) is 6.07 Å². The summed E-state index contributed by atoms with van der Waals surface area (Å²) < 4.78 is 11.3. The van der Waals surface area contributed by atoms with Crippen molar-refractivity contribution in [2.45, 2.75) is 0 Å². The molecule has 3 rings (SSSR count). The number of nitrogens with zero attached hydrogens (tertiary/aromatic N) is 1. The van der Waals surface area contributed by atoms with Crippen LogP contribution in [0, 0.1) is 5.41 Å². The molecule has 3 aromatic rings. The fraction of sp³-hybridized carbons (Fsp3) is 0. The van der Waals surface area contributed by atoms with Crippen LogP contribution in [-0.2, 0) is 0 Å². The summed E-state index contributed by atoms with van der Waals surface area (Å²) in [6.45, 7) is 0. The van der Waals surface area contributed by atoms with Crippen molar-refractivity contribution >= 4 is 17.8 Å². The highest BCUT2D eigenvalue weighted by Crippen LogP contribution is 2.33. The fourth-order valence-corrected chi connectivity index (χ4v) is 2.38. The molecule has 29 heavy (non-hydrogen) atoms. The molecule has 5 N–H and O–H groups in total. The minimum absolute atomic E-state index is 0.00655. The number of aromatic carboxylic acids is 2. The normalized spacial score (nSPS) is 10.2. The van der Waals surface area contributed by atoms with Crippen LogP contribution in [0.25, 0.3) is 0 Å². The number of rotatable bonds is 7. The monoisotopic (exact) mass is 393 g/mol. The topological polar surface area (TPSA) is 156 Å². The maximum absolute atomic E-state index is 11.3. The second kappa shape index (κ2) is 8.09. The number of benzene rings is 2. The molecular weight excluding hydrogens is 378 g/mol. The maximum atomic E-state index is 11.3. The van der Waals surface area contributed by atoms with Gasteiger partial charge in [0.15, 0.2) is 5.75 Å². The number of amidine groups is 1. The van der Waals surface area contributed by atoms with Gasteiger partial charge in [-0.2, -0.15) is 0 Å². The van der Waals surface area contributed by atoms with Gasteiger partial charge in [-0.1, -0.05) is 0 Å². The Bertz CT molecular complexity index is 1060. The molecule has 0 fully saturated rings. The first-order chi connectivity index (χ1) is 13.8. The van der Waals surface area contributed by atoms with E-state index in [9.17, 15) is 19.8 Å². The van der Waals surface area contributed by atoms with Gasteiger partial charge in [-0.15, -0.1) is 0 Å². The van der Waals surface area contributed by atoms with Crippen molar-refractivity contribution in [2.24, 2.45) is 5.73 Å². The average Bonchev–Trinajstić information content (AvgIpc) is 2.69. The standard InChI is InChI=1S/C20H15N3O6/c21-17(22)11-3-5-14(6-4-11)29-18-16(2-1-7-23-18)28-15-9-12(19(24)25)8-13(10-15)20(26)27/h1-10H,(H3,21,22)(H,24,25)(H,26,27). The summed E-state index contributed by atoms with van der Waals surface area (Å²) in [7, 11) is 0. The molecule has 0 spiro atoms. The van der Waals surface area contributed by atoms with E-state index in [4.69, 9.17) is 20.6 Å². The first kappa shape index (κ1) is 19.4. The molecule has 0 saturated carbocycles. The van der Waals surface area contributed by atoms with Gasteiger partial charge in [-0.25, -0.2) is 14.6 Å². The first-order valence-electron chi connectivity index (χ1n) is 8.20. The Morgan fingerprint density at radius 2 is 1.48 bits per heavy atom. The van der Waals surface area contributed by atoms with E-state index in [1.807, 2.05) is 0 Å². The van der Waals surface area contributed by atoms with Crippen molar-refractivity contribution in [3.05, 3.63) is 77.5 Å². The summed E-state index contributed by atoms with van der Waals surface area (Å²) in [5.41, 5.74) is 5.49. The molecule has 0 bridgehead atoms. The molecule has 0 saturated heterocycles. The third-order valence-electron chi connectivity index (χ3n) is 3.74. The lowest BCUT2D eigenvalue weighted by Gasteiger charge is -2.12. The summed E-state index contributed by atoms with van der Waals surface area (Å²) in [6, 6.07) is 13.0. The van der Waals surface area contributed by atoms with Gasteiger partial charge in [0.2, 0.25) is 0 Å². The maximum Gasteiger partial charge on any atom is 0.335 e. The predicted octanol–water partition coefficient (Wildman–Crippen LogP) is 3.35. The highest BCUT2D eigenvalue weighted by atomic mass is 16.5. The van der Waals surface area contributed by atoms with Crippen LogP contribution in [0.2, 0.25) is 0 Å². The van der Waals surface area contributed by atoms with E-state index < -0.39 is 11.9 Å². The Hall–Kier alpha value is -4.40. The van der Waals surface area contributed by atoms with E-state index in [2.05, 4.69) is 4.98 Å². The number of carboxylic acid groups (broad SMARTS) is 2. The summed E-state index contributed by atoms with van der Waals surface area (Å²) >= 11 is 0. The van der Waals surface area contributed by atoms with Crippen LogP contribution >= 0.6 is 0 Å². The number of nitrogens with one attached hydrogen (secondary N) is 1. The molecule has 0 amide bonds. The minimum atomic E-state index is -1.29. The number of nitrogens with two attached hydrogens (primary N) is 1. The van der Waals surface area contributed by atoms with Gasteiger partial charge in [0.25, 0.3) is 5.88 Å². The quantitative estimate of drug-likeness (QED) is 0.352. The zero-order chi connectivity index (χ0) is 21.0. The van der Waals surface area contributed by atoms with E-state index in [1.165, 1.54) is 18.3 Å². The molecule has 0 radical (unpaired) electrons. The van der Waals surface area contributed by atoms with E-state index in [-0.39, 0.29) is 34.3 Å². The van der Waals surface area contributed by atoms with Gasteiger partial charge in [0.05, 0.1) is 11.1 Å². The number of ether oxygens (including phenoxy) is 2. The van der Waals surface area contributed by atoms with Crippen LogP contribution in [0.1, 0.15) is 26.3 Å². The Morgan fingerprint density at radius 1 is 0.862 bits per heavy atom. The second-order valence-electron chi connectivity index (χ2n) is 5.81. The van der Waals surface area contributed by atoms with Crippen molar-refractivity contribution in [2.75, 3.05) is 0 Å². The van der Waals surface area contributed by atoms with Crippen LogP contribution in [0.5, 0.6) is 23.1 Å². The average molecular weight is 393 g/mol. The molecular formula is C20H15N3O6. The van der Waals surface area contributed by atoms with E-state index >= 15 is 0 Å². The zero-order valence-corrected chi connectivity index (χ0v) is 14.8. The van der Waals surface area contributed by atoms with Gasteiger partial charge in [-0.3, -0.25) is 5.41 Å². The predicted molar refractivity (Wildman–Crippen MR) is 102 cm³/mol. The largest absolute Gasteiger partial charge is 0.478 e. The van der Waals surface area contributed by atoms with Gasteiger partial charge in [-0.05, 0) is 54.6 Å². The lowest BCUT2D eigenvalue weighted by Crippen LogP contribution is -2.10. The highest BCUT2D eigenvalue weighted by molar-refractivity contribution is 5.95. The third-order valence-corrected chi connectivity index (χ3v) is 3.74. The summed E-state index contributed by atoms with van der Waals surface area (Å²) in [4.78, 5) is 26.6. The Labute approximate surface area is 164 Å². The molecule has 1 heterocycles. The lowest BCUT2D eigenvalue weighted by molar-refractivity contribution is 0.0696. The molecule has 1 aromatic heterocycles. The number of hydrogen-bond donors (Lipinski definition) is 4. The van der Waals surface area contributed by atoms with Gasteiger partial charge in [0, 0.05) is 11.8 Å². The molecule has 0 aliphatic rings. The van der Waals surface area contributed by atoms with E-state index in [0.29, 0.717) is 11.3 Å². The van der Waals surface area contributed by atoms with Crippen molar-refractivity contribution in [3.8, 4) is 23.1 Å². The Kier molecular flexibility index (Phi) is 5.40. The molecule has 9 nitrogen and oxygen atoms in total. The zero-order valence-electron chi connectivity index (χ0n) is 14.8. The third kappa shape index (κ3) is 4.66. The van der Waals surface area contributed by atoms with E-state index in [1.54, 1.807) is 36.4 Å². The summed E-state index contributed by atoms with van der Waals surface area (Å²) in [6.07, 6.45) is 1.47.